The van der Waals surface area contributed by atoms with Gasteiger partial charge in [0.25, 0.3) is 0 Å². The molecule has 226 valence electrons. The van der Waals surface area contributed by atoms with Gasteiger partial charge in [-0.25, -0.2) is 4.79 Å². The SMILES string of the molecule is C=C1/C=C(\C)[C@](C)(O)C[C@H](O)CC(=O)[C@H](O)[C@@H](O)[C@H](C)C[C@H](C)OC(=O)/C(C)=C/CC/C=C/[C@H]2O[C@H]2C[C@H](C)C1. The van der Waals surface area contributed by atoms with Crippen LogP contribution in [0.1, 0.15) is 86.5 Å². The van der Waals surface area contributed by atoms with Crippen LogP contribution in [-0.2, 0) is 19.1 Å². The van der Waals surface area contributed by atoms with Gasteiger partial charge >= 0.3 is 5.97 Å². The van der Waals surface area contributed by atoms with E-state index in [9.17, 15) is 30.0 Å². The molecule has 40 heavy (non-hydrogen) atoms. The predicted octanol–water partition coefficient (Wildman–Crippen LogP) is 4.11. The first kappa shape index (κ1) is 34.1. The molecule has 0 bridgehead atoms. The van der Waals surface area contributed by atoms with Gasteiger partial charge in [-0.2, -0.15) is 0 Å². The Morgan fingerprint density at radius 1 is 1.02 bits per heavy atom. The van der Waals surface area contributed by atoms with Crippen LogP contribution in [0.15, 0.2) is 47.6 Å². The van der Waals surface area contributed by atoms with Crippen molar-refractivity contribution in [2.24, 2.45) is 11.8 Å². The summed E-state index contributed by atoms with van der Waals surface area (Å²) < 4.78 is 11.3. The molecule has 0 aromatic carbocycles. The van der Waals surface area contributed by atoms with Gasteiger partial charge < -0.3 is 29.9 Å². The van der Waals surface area contributed by atoms with Gasteiger partial charge in [-0.15, -0.1) is 0 Å². The van der Waals surface area contributed by atoms with E-state index in [1.807, 2.05) is 12.2 Å². The fourth-order valence-electron chi connectivity index (χ4n) is 5.21. The highest BCUT2D eigenvalue weighted by Gasteiger charge is 2.37. The van der Waals surface area contributed by atoms with E-state index in [1.54, 1.807) is 34.6 Å². The van der Waals surface area contributed by atoms with E-state index in [2.05, 4.69) is 25.7 Å². The van der Waals surface area contributed by atoms with Gasteiger partial charge in [-0.05, 0) is 77.2 Å². The molecule has 1 saturated heterocycles. The van der Waals surface area contributed by atoms with Gasteiger partial charge in [0.05, 0.1) is 30.0 Å². The number of ether oxygens (including phenoxy) is 2. The van der Waals surface area contributed by atoms with Crippen LogP contribution in [-0.4, -0.2) is 74.4 Å². The number of esters is 1. The van der Waals surface area contributed by atoms with Crippen LogP contribution in [0.25, 0.3) is 0 Å². The molecule has 0 saturated carbocycles. The first-order valence-electron chi connectivity index (χ1n) is 14.5. The van der Waals surface area contributed by atoms with Gasteiger partial charge in [0.1, 0.15) is 12.2 Å². The summed E-state index contributed by atoms with van der Waals surface area (Å²) in [5, 5.41) is 42.6. The third kappa shape index (κ3) is 11.1. The Hall–Kier alpha value is -2.10. The van der Waals surface area contributed by atoms with E-state index in [0.717, 1.165) is 24.8 Å². The lowest BCUT2D eigenvalue weighted by Crippen LogP contribution is -2.41. The van der Waals surface area contributed by atoms with Crippen molar-refractivity contribution in [2.75, 3.05) is 0 Å². The number of epoxide rings is 1. The fraction of sp³-hybridized carbons (Fsp3) is 0.688. The highest BCUT2D eigenvalue weighted by Crippen LogP contribution is 2.33. The molecule has 9 atom stereocenters. The summed E-state index contributed by atoms with van der Waals surface area (Å²) in [6.07, 6.45) is 5.95. The molecule has 0 radical (unpaired) electrons. The monoisotopic (exact) mass is 562 g/mol. The van der Waals surface area contributed by atoms with Gasteiger partial charge in [-0.1, -0.05) is 50.3 Å². The van der Waals surface area contributed by atoms with Crippen molar-refractivity contribution in [2.45, 2.75) is 129 Å². The van der Waals surface area contributed by atoms with Crippen molar-refractivity contribution in [3.63, 3.8) is 0 Å². The number of hydrogen-bond donors (Lipinski definition) is 4. The van der Waals surface area contributed by atoms with Crippen molar-refractivity contribution >= 4 is 11.8 Å². The Balaban J connectivity index is 2.15. The van der Waals surface area contributed by atoms with Gasteiger partial charge in [0.2, 0.25) is 0 Å². The van der Waals surface area contributed by atoms with Crippen LogP contribution < -0.4 is 0 Å². The molecule has 2 aliphatic heterocycles. The van der Waals surface area contributed by atoms with Crippen molar-refractivity contribution in [3.8, 4) is 0 Å². The van der Waals surface area contributed by atoms with E-state index < -0.39 is 54.1 Å². The lowest BCUT2D eigenvalue weighted by molar-refractivity contribution is -0.146. The Morgan fingerprint density at radius 3 is 2.38 bits per heavy atom. The summed E-state index contributed by atoms with van der Waals surface area (Å²) in [5.41, 5.74) is 0.569. The molecule has 8 nitrogen and oxygen atoms in total. The number of aliphatic hydroxyl groups is 4. The lowest BCUT2D eigenvalue weighted by atomic mass is 9.85. The first-order valence-corrected chi connectivity index (χ1v) is 14.5. The average Bonchev–Trinajstić information content (AvgIpc) is 3.58. The largest absolute Gasteiger partial charge is 0.459 e. The molecule has 0 aromatic heterocycles. The molecule has 2 rings (SSSR count). The zero-order valence-electron chi connectivity index (χ0n) is 25.0. The number of carbonyl (C=O) groups excluding carboxylic acids is 2. The number of fused-ring (bicyclic) bond motifs is 1. The lowest BCUT2D eigenvalue weighted by Gasteiger charge is -2.29. The Bertz CT molecular complexity index is 977. The number of aliphatic hydroxyl groups excluding tert-OH is 3. The Labute approximate surface area is 239 Å². The van der Waals surface area contributed by atoms with Gasteiger partial charge in [-0.3, -0.25) is 4.79 Å². The summed E-state index contributed by atoms with van der Waals surface area (Å²) in [4.78, 5) is 25.1. The van der Waals surface area contributed by atoms with Crippen LogP contribution >= 0.6 is 0 Å². The minimum atomic E-state index is -1.71. The van der Waals surface area contributed by atoms with E-state index >= 15 is 0 Å². The van der Waals surface area contributed by atoms with Gasteiger partial charge in [0.15, 0.2) is 5.78 Å². The molecule has 0 aromatic rings. The topological polar surface area (TPSA) is 137 Å². The predicted molar refractivity (Wildman–Crippen MR) is 154 cm³/mol. The smallest absolute Gasteiger partial charge is 0.333 e. The quantitative estimate of drug-likeness (QED) is 0.197. The highest BCUT2D eigenvalue weighted by atomic mass is 16.6. The second-order valence-electron chi connectivity index (χ2n) is 12.2. The molecule has 4 N–H and O–H groups in total. The number of ketones is 1. The molecular weight excluding hydrogens is 512 g/mol. The normalized spacial score (nSPS) is 42.0. The highest BCUT2D eigenvalue weighted by molar-refractivity contribution is 5.87. The zero-order valence-corrected chi connectivity index (χ0v) is 25.0. The summed E-state index contributed by atoms with van der Waals surface area (Å²) in [6, 6.07) is 0. The number of cyclic esters (lactones) is 1. The van der Waals surface area contributed by atoms with Crippen molar-refractivity contribution in [1.29, 1.82) is 0 Å². The number of carbonyl (C=O) groups is 2. The van der Waals surface area contributed by atoms with E-state index in [0.29, 0.717) is 23.5 Å². The number of hydrogen-bond acceptors (Lipinski definition) is 8. The maximum absolute atomic E-state index is 12.6. The van der Waals surface area contributed by atoms with Crippen molar-refractivity contribution in [1.82, 2.24) is 0 Å². The maximum Gasteiger partial charge on any atom is 0.333 e. The molecule has 0 aliphatic carbocycles. The minimum Gasteiger partial charge on any atom is -0.459 e. The van der Waals surface area contributed by atoms with Crippen LogP contribution in [0.5, 0.6) is 0 Å². The Kier molecular flexibility index (Phi) is 13.0. The second kappa shape index (κ2) is 15.2. The molecule has 2 heterocycles. The average molecular weight is 563 g/mol. The molecule has 0 spiro atoms. The molecule has 0 amide bonds. The standard InChI is InChI=1S/C32H50O8/c1-19-13-20(2)15-28-27(40-28)12-10-8-9-11-21(3)31(37)39-24(6)16-22(4)29(35)30(36)26(34)17-25(33)18-32(7,38)23(5)14-19/h10-12,14,20,22,24-25,27-30,33,35-36,38H,1,8-9,13,15-18H2,2-7H3/b12-10+,21-11+,23-14+/t20-,22-,24+,25-,27-,28+,29+,30+,32-/m1/s1. The Morgan fingerprint density at radius 2 is 1.70 bits per heavy atom. The second-order valence-corrected chi connectivity index (χ2v) is 12.2. The van der Waals surface area contributed by atoms with Crippen LogP contribution in [0, 0.1) is 11.8 Å². The van der Waals surface area contributed by atoms with E-state index in [-0.39, 0.29) is 25.0 Å². The van der Waals surface area contributed by atoms with Crippen LogP contribution in [0.4, 0.5) is 0 Å². The molecule has 1 fully saturated rings. The minimum absolute atomic E-state index is 0.100. The van der Waals surface area contributed by atoms with Crippen molar-refractivity contribution in [3.05, 3.63) is 47.6 Å². The molecule has 2 aliphatic rings. The van der Waals surface area contributed by atoms with Gasteiger partial charge in [0, 0.05) is 18.4 Å². The number of allylic oxidation sites excluding steroid dienone is 4. The third-order valence-electron chi connectivity index (χ3n) is 7.89. The fourth-order valence-corrected chi connectivity index (χ4v) is 5.21. The maximum atomic E-state index is 12.6. The molecular formula is C32H50O8. The van der Waals surface area contributed by atoms with E-state index in [4.69, 9.17) is 9.47 Å². The summed E-state index contributed by atoms with van der Waals surface area (Å²) >= 11 is 0. The zero-order chi connectivity index (χ0) is 30.2. The summed E-state index contributed by atoms with van der Waals surface area (Å²) in [5.74, 6) is -1.40. The van der Waals surface area contributed by atoms with E-state index in [1.165, 1.54) is 0 Å². The molecule has 0 unspecified atom stereocenters. The van der Waals surface area contributed by atoms with Crippen molar-refractivity contribution < 1.29 is 39.5 Å². The first-order chi connectivity index (χ1) is 18.6. The summed E-state index contributed by atoms with van der Waals surface area (Å²) in [7, 11) is 0. The molecule has 8 heteroatoms. The van der Waals surface area contributed by atoms with Crippen LogP contribution in [0.2, 0.25) is 0 Å². The van der Waals surface area contributed by atoms with Crippen LogP contribution in [0.3, 0.4) is 0 Å². The number of Topliss-reactive ketones (excluding diaryl/α,β-unsaturated/α-hetero) is 1. The third-order valence-corrected chi connectivity index (χ3v) is 7.89. The number of rotatable bonds is 0. The summed E-state index contributed by atoms with van der Waals surface area (Å²) in [6.45, 7) is 14.7.